The number of para-hydroxylation sites is 1. The molecule has 0 fully saturated rings. The van der Waals surface area contributed by atoms with E-state index in [4.69, 9.17) is 4.74 Å². The summed E-state index contributed by atoms with van der Waals surface area (Å²) >= 11 is 0. The van der Waals surface area contributed by atoms with E-state index < -0.39 is 0 Å². The maximum atomic E-state index is 12.5. The zero-order valence-corrected chi connectivity index (χ0v) is 17.4. The number of benzene rings is 2. The number of ether oxygens (including phenoxy) is 1. The molecule has 0 N–H and O–H groups in total. The Morgan fingerprint density at radius 1 is 1.07 bits per heavy atom. The SMILES string of the molecule is Cc1ccc(OCCN(C)C(=O)/C=C/c2c(C)nn(-c3ccccc3)c2C)cc1. The predicted molar refractivity (Wildman–Crippen MR) is 116 cm³/mol. The van der Waals surface area contributed by atoms with Gasteiger partial charge < -0.3 is 9.64 Å². The minimum atomic E-state index is -0.0660. The first-order chi connectivity index (χ1) is 14.0. The van der Waals surface area contributed by atoms with Crippen LogP contribution in [-0.4, -0.2) is 40.8 Å². The van der Waals surface area contributed by atoms with Crippen molar-refractivity contribution in [2.45, 2.75) is 20.8 Å². The summed E-state index contributed by atoms with van der Waals surface area (Å²) in [6, 6.07) is 17.9. The highest BCUT2D eigenvalue weighted by Gasteiger charge is 2.11. The fraction of sp³-hybridized carbons (Fsp3) is 0.250. The molecule has 0 spiro atoms. The smallest absolute Gasteiger partial charge is 0.246 e. The van der Waals surface area contributed by atoms with Crippen molar-refractivity contribution >= 4 is 12.0 Å². The molecule has 0 aliphatic heterocycles. The first-order valence-corrected chi connectivity index (χ1v) is 9.70. The van der Waals surface area contributed by atoms with Gasteiger partial charge in [0.25, 0.3) is 0 Å². The Bertz CT molecular complexity index is 989. The number of carbonyl (C=O) groups is 1. The third-order valence-electron chi connectivity index (χ3n) is 4.83. The number of amides is 1. The molecular weight excluding hydrogens is 362 g/mol. The van der Waals surface area contributed by atoms with Crippen molar-refractivity contribution in [3.05, 3.63) is 83.2 Å². The number of nitrogens with zero attached hydrogens (tertiary/aromatic N) is 3. The Balaban J connectivity index is 1.60. The average molecular weight is 389 g/mol. The van der Waals surface area contributed by atoms with Crippen LogP contribution in [0.15, 0.2) is 60.7 Å². The van der Waals surface area contributed by atoms with E-state index in [0.29, 0.717) is 13.2 Å². The van der Waals surface area contributed by atoms with Crippen LogP contribution in [0, 0.1) is 20.8 Å². The molecule has 0 aliphatic carbocycles. The van der Waals surface area contributed by atoms with Gasteiger partial charge in [0.1, 0.15) is 12.4 Å². The van der Waals surface area contributed by atoms with Gasteiger partial charge in [-0.25, -0.2) is 4.68 Å². The zero-order valence-electron chi connectivity index (χ0n) is 17.4. The fourth-order valence-electron chi connectivity index (χ4n) is 3.04. The molecule has 0 saturated heterocycles. The fourth-order valence-corrected chi connectivity index (χ4v) is 3.04. The highest BCUT2D eigenvalue weighted by molar-refractivity contribution is 5.91. The molecule has 0 atom stereocenters. The normalized spacial score (nSPS) is 11.0. The second kappa shape index (κ2) is 9.24. The minimum absolute atomic E-state index is 0.0660. The van der Waals surface area contributed by atoms with Gasteiger partial charge in [-0.05, 0) is 51.1 Å². The maximum absolute atomic E-state index is 12.5. The number of hydrogen-bond acceptors (Lipinski definition) is 3. The molecule has 0 bridgehead atoms. The van der Waals surface area contributed by atoms with E-state index in [1.54, 1.807) is 18.0 Å². The van der Waals surface area contributed by atoms with Crippen LogP contribution < -0.4 is 4.74 Å². The Kier molecular flexibility index (Phi) is 6.50. The number of aryl methyl sites for hydroxylation is 2. The molecule has 5 nitrogen and oxygen atoms in total. The van der Waals surface area contributed by atoms with E-state index in [9.17, 15) is 4.79 Å². The Morgan fingerprint density at radius 2 is 1.76 bits per heavy atom. The van der Waals surface area contributed by atoms with E-state index in [1.807, 2.05) is 86.1 Å². The second-order valence-electron chi connectivity index (χ2n) is 7.09. The summed E-state index contributed by atoms with van der Waals surface area (Å²) in [5.41, 5.74) is 5.05. The van der Waals surface area contributed by atoms with E-state index >= 15 is 0 Å². The van der Waals surface area contributed by atoms with Gasteiger partial charge in [-0.2, -0.15) is 5.10 Å². The molecular formula is C24H27N3O2. The molecule has 29 heavy (non-hydrogen) atoms. The lowest BCUT2D eigenvalue weighted by Crippen LogP contribution is -2.29. The summed E-state index contributed by atoms with van der Waals surface area (Å²) in [7, 11) is 1.78. The lowest BCUT2D eigenvalue weighted by molar-refractivity contribution is -0.125. The monoisotopic (exact) mass is 389 g/mol. The summed E-state index contributed by atoms with van der Waals surface area (Å²) in [5, 5.41) is 4.61. The molecule has 5 heteroatoms. The average Bonchev–Trinajstić information content (AvgIpc) is 3.01. The van der Waals surface area contributed by atoms with Gasteiger partial charge in [0.15, 0.2) is 0 Å². The van der Waals surface area contributed by atoms with Crippen molar-refractivity contribution in [3.63, 3.8) is 0 Å². The van der Waals surface area contributed by atoms with Crippen LogP contribution >= 0.6 is 0 Å². The number of hydrogen-bond donors (Lipinski definition) is 0. The predicted octanol–water partition coefficient (Wildman–Crippen LogP) is 4.35. The topological polar surface area (TPSA) is 47.4 Å². The zero-order chi connectivity index (χ0) is 20.8. The Labute approximate surface area is 172 Å². The molecule has 1 aromatic heterocycles. The van der Waals surface area contributed by atoms with Crippen LogP contribution in [0.1, 0.15) is 22.5 Å². The van der Waals surface area contributed by atoms with Crippen molar-refractivity contribution in [1.29, 1.82) is 0 Å². The first kappa shape index (κ1) is 20.4. The van der Waals surface area contributed by atoms with Crippen molar-refractivity contribution in [3.8, 4) is 11.4 Å². The van der Waals surface area contributed by atoms with Gasteiger partial charge in [-0.3, -0.25) is 4.79 Å². The highest BCUT2D eigenvalue weighted by atomic mass is 16.5. The Morgan fingerprint density at radius 3 is 2.45 bits per heavy atom. The molecule has 0 aliphatic rings. The van der Waals surface area contributed by atoms with E-state index in [0.717, 1.165) is 28.4 Å². The molecule has 1 heterocycles. The summed E-state index contributed by atoms with van der Waals surface area (Å²) in [4.78, 5) is 14.1. The van der Waals surface area contributed by atoms with Crippen LogP contribution in [0.5, 0.6) is 5.75 Å². The highest BCUT2D eigenvalue weighted by Crippen LogP contribution is 2.19. The van der Waals surface area contributed by atoms with Gasteiger partial charge in [-0.15, -0.1) is 0 Å². The third kappa shape index (κ3) is 5.13. The summed E-state index contributed by atoms with van der Waals surface area (Å²) in [6.07, 6.45) is 3.44. The van der Waals surface area contributed by atoms with E-state index in [1.165, 1.54) is 5.56 Å². The summed E-state index contributed by atoms with van der Waals surface area (Å²) in [6.45, 7) is 6.96. The first-order valence-electron chi connectivity index (χ1n) is 9.70. The van der Waals surface area contributed by atoms with Crippen LogP contribution in [-0.2, 0) is 4.79 Å². The van der Waals surface area contributed by atoms with Crippen molar-refractivity contribution < 1.29 is 9.53 Å². The van der Waals surface area contributed by atoms with Gasteiger partial charge in [-0.1, -0.05) is 35.9 Å². The molecule has 0 radical (unpaired) electrons. The number of likely N-dealkylation sites (N-methyl/N-ethyl adjacent to an activating group) is 1. The molecule has 3 aromatic rings. The van der Waals surface area contributed by atoms with Crippen molar-refractivity contribution in [1.82, 2.24) is 14.7 Å². The minimum Gasteiger partial charge on any atom is -0.492 e. The van der Waals surface area contributed by atoms with Crippen LogP contribution in [0.4, 0.5) is 0 Å². The Hall–Kier alpha value is -3.34. The van der Waals surface area contributed by atoms with E-state index in [2.05, 4.69) is 5.10 Å². The molecule has 2 aromatic carbocycles. The lowest BCUT2D eigenvalue weighted by Gasteiger charge is -2.15. The molecule has 0 saturated carbocycles. The lowest BCUT2D eigenvalue weighted by atomic mass is 10.2. The number of carbonyl (C=O) groups excluding carboxylic acids is 1. The van der Waals surface area contributed by atoms with E-state index in [-0.39, 0.29) is 5.91 Å². The largest absolute Gasteiger partial charge is 0.492 e. The second-order valence-corrected chi connectivity index (χ2v) is 7.09. The van der Waals surface area contributed by atoms with Crippen molar-refractivity contribution in [2.24, 2.45) is 0 Å². The van der Waals surface area contributed by atoms with Gasteiger partial charge in [0.05, 0.1) is 17.9 Å². The summed E-state index contributed by atoms with van der Waals surface area (Å²) < 4.78 is 7.61. The quantitative estimate of drug-likeness (QED) is 0.565. The van der Waals surface area contributed by atoms with Gasteiger partial charge >= 0.3 is 0 Å². The van der Waals surface area contributed by atoms with Gasteiger partial charge in [0.2, 0.25) is 5.91 Å². The molecule has 0 unspecified atom stereocenters. The summed E-state index contributed by atoms with van der Waals surface area (Å²) in [5.74, 6) is 0.746. The number of aromatic nitrogens is 2. The van der Waals surface area contributed by atoms with Crippen molar-refractivity contribution in [2.75, 3.05) is 20.2 Å². The van der Waals surface area contributed by atoms with Crippen LogP contribution in [0.3, 0.4) is 0 Å². The maximum Gasteiger partial charge on any atom is 0.246 e. The van der Waals surface area contributed by atoms with Crippen LogP contribution in [0.25, 0.3) is 11.8 Å². The number of rotatable bonds is 7. The molecule has 1 amide bonds. The third-order valence-corrected chi connectivity index (χ3v) is 4.83. The molecule has 3 rings (SSSR count). The standard InChI is InChI=1S/C24H27N3O2/c1-18-10-12-22(13-11-18)29-17-16-26(4)24(28)15-14-23-19(2)25-27(20(23)3)21-8-6-5-7-9-21/h5-15H,16-17H2,1-4H3/b15-14+. The van der Waals surface area contributed by atoms with Gasteiger partial charge in [0, 0.05) is 24.4 Å². The molecule has 150 valence electrons. The van der Waals surface area contributed by atoms with Crippen LogP contribution in [0.2, 0.25) is 0 Å².